The first-order valence-corrected chi connectivity index (χ1v) is 10.6. The lowest BCUT2D eigenvalue weighted by molar-refractivity contribution is -0.146. The van der Waals surface area contributed by atoms with Crippen molar-refractivity contribution in [1.82, 2.24) is 9.80 Å². The van der Waals surface area contributed by atoms with Crippen LogP contribution in [0.4, 0.5) is 0 Å². The van der Waals surface area contributed by atoms with E-state index in [9.17, 15) is 9.59 Å². The van der Waals surface area contributed by atoms with E-state index < -0.39 is 0 Å². The lowest BCUT2D eigenvalue weighted by Crippen LogP contribution is -2.50. The second-order valence-electron chi connectivity index (χ2n) is 7.26. The van der Waals surface area contributed by atoms with Gasteiger partial charge in [-0.15, -0.1) is 0 Å². The zero-order chi connectivity index (χ0) is 17.7. The number of carbonyl (C=O) groups is 2. The average Bonchev–Trinajstić information content (AvgIpc) is 3.05. The van der Waals surface area contributed by atoms with Gasteiger partial charge in [0.25, 0.3) is 0 Å². The Morgan fingerprint density at radius 3 is 2.76 bits per heavy atom. The van der Waals surface area contributed by atoms with Crippen molar-refractivity contribution >= 4 is 23.6 Å². The average molecular weight is 361 g/mol. The molecule has 3 rings (SSSR count). The van der Waals surface area contributed by atoms with Crippen molar-refractivity contribution in [3.8, 4) is 0 Å². The Bertz CT molecular complexity index is 607. The lowest BCUT2D eigenvalue weighted by Gasteiger charge is -2.39. The van der Waals surface area contributed by atoms with Crippen LogP contribution in [0, 0.1) is 5.41 Å². The molecule has 1 spiro atoms. The molecule has 0 saturated carbocycles. The molecule has 5 heteroatoms. The molecule has 0 N–H and O–H groups in total. The maximum Gasteiger partial charge on any atom is 0.232 e. The topological polar surface area (TPSA) is 40.6 Å². The molecule has 0 aliphatic carbocycles. The number of benzene rings is 1. The van der Waals surface area contributed by atoms with Crippen LogP contribution >= 0.6 is 11.8 Å². The minimum absolute atomic E-state index is 0.179. The van der Waals surface area contributed by atoms with Gasteiger partial charge in [0.15, 0.2) is 0 Å². The van der Waals surface area contributed by atoms with Crippen LogP contribution in [0.3, 0.4) is 0 Å². The van der Waals surface area contributed by atoms with Gasteiger partial charge in [0.2, 0.25) is 11.8 Å². The van der Waals surface area contributed by atoms with Gasteiger partial charge in [-0.25, -0.2) is 0 Å². The molecule has 2 amide bonds. The van der Waals surface area contributed by atoms with Crippen molar-refractivity contribution in [2.24, 2.45) is 5.41 Å². The van der Waals surface area contributed by atoms with E-state index in [0.717, 1.165) is 51.7 Å². The first-order chi connectivity index (χ1) is 12.1. The zero-order valence-corrected chi connectivity index (χ0v) is 15.9. The van der Waals surface area contributed by atoms with E-state index in [1.807, 2.05) is 17.2 Å². The maximum atomic E-state index is 13.1. The number of rotatable bonds is 6. The second-order valence-corrected chi connectivity index (χ2v) is 8.13. The van der Waals surface area contributed by atoms with Crippen LogP contribution < -0.4 is 0 Å². The number of likely N-dealkylation sites (tertiary alicyclic amines) is 2. The number of hydrogen-bond acceptors (Lipinski definition) is 3. The molecular formula is C20H28N2O2S. The molecule has 2 aliphatic heterocycles. The van der Waals surface area contributed by atoms with Crippen LogP contribution in [0.1, 0.15) is 31.2 Å². The summed E-state index contributed by atoms with van der Waals surface area (Å²) >= 11 is 1.56. The molecule has 0 unspecified atom stereocenters. The van der Waals surface area contributed by atoms with E-state index in [-0.39, 0.29) is 17.2 Å². The predicted molar refractivity (Wildman–Crippen MR) is 103 cm³/mol. The molecule has 1 aromatic carbocycles. The molecule has 1 atom stereocenters. The lowest BCUT2D eigenvalue weighted by atomic mass is 9.78. The molecular weight excluding hydrogens is 332 g/mol. The van der Waals surface area contributed by atoms with Crippen LogP contribution in [0.25, 0.3) is 0 Å². The predicted octanol–water partition coefficient (Wildman–Crippen LogP) is 2.82. The van der Waals surface area contributed by atoms with Crippen molar-refractivity contribution in [3.05, 3.63) is 35.9 Å². The smallest absolute Gasteiger partial charge is 0.232 e. The Balaban J connectivity index is 1.55. The maximum absolute atomic E-state index is 13.1. The second kappa shape index (κ2) is 8.26. The summed E-state index contributed by atoms with van der Waals surface area (Å²) in [6.07, 6.45) is 6.79. The van der Waals surface area contributed by atoms with Crippen LogP contribution in [0.15, 0.2) is 30.3 Å². The van der Waals surface area contributed by atoms with E-state index in [0.29, 0.717) is 12.3 Å². The van der Waals surface area contributed by atoms with Gasteiger partial charge in [-0.05, 0) is 43.9 Å². The Morgan fingerprint density at radius 1 is 1.20 bits per heavy atom. The van der Waals surface area contributed by atoms with Crippen LogP contribution in [0.5, 0.6) is 0 Å². The van der Waals surface area contributed by atoms with Crippen molar-refractivity contribution in [2.45, 2.75) is 32.1 Å². The quantitative estimate of drug-likeness (QED) is 0.783. The summed E-state index contributed by atoms with van der Waals surface area (Å²) in [5, 5.41) is 0. The SMILES string of the molecule is CSCC(=O)N1CC[C@]2(CCCN(CCCc3ccccc3)C2=O)C1. The minimum Gasteiger partial charge on any atom is -0.342 e. The third-order valence-electron chi connectivity index (χ3n) is 5.53. The van der Waals surface area contributed by atoms with Crippen molar-refractivity contribution in [2.75, 3.05) is 38.2 Å². The van der Waals surface area contributed by atoms with Gasteiger partial charge >= 0.3 is 0 Å². The fourth-order valence-electron chi connectivity index (χ4n) is 4.16. The van der Waals surface area contributed by atoms with Crippen molar-refractivity contribution in [3.63, 3.8) is 0 Å². The molecule has 25 heavy (non-hydrogen) atoms. The number of hydrogen-bond donors (Lipinski definition) is 0. The molecule has 0 radical (unpaired) electrons. The Hall–Kier alpha value is -1.49. The van der Waals surface area contributed by atoms with Gasteiger partial charge in [0.1, 0.15) is 0 Å². The van der Waals surface area contributed by atoms with Crippen molar-refractivity contribution in [1.29, 1.82) is 0 Å². The van der Waals surface area contributed by atoms with Gasteiger partial charge in [-0.1, -0.05) is 30.3 Å². The largest absolute Gasteiger partial charge is 0.342 e. The first kappa shape index (κ1) is 18.3. The molecule has 136 valence electrons. The Kier molecular flexibility index (Phi) is 6.05. The van der Waals surface area contributed by atoms with E-state index >= 15 is 0 Å². The minimum atomic E-state index is -0.306. The van der Waals surface area contributed by atoms with Crippen LogP contribution in [-0.2, 0) is 16.0 Å². The highest BCUT2D eigenvalue weighted by Gasteiger charge is 2.49. The number of aryl methyl sites for hydroxylation is 1. The molecule has 0 aromatic heterocycles. The Labute approximate surface area is 154 Å². The summed E-state index contributed by atoms with van der Waals surface area (Å²) in [6, 6.07) is 10.5. The summed E-state index contributed by atoms with van der Waals surface area (Å²) in [5.41, 5.74) is 1.02. The summed E-state index contributed by atoms with van der Waals surface area (Å²) in [7, 11) is 0. The zero-order valence-electron chi connectivity index (χ0n) is 15.1. The van der Waals surface area contributed by atoms with E-state index in [2.05, 4.69) is 29.2 Å². The molecule has 4 nitrogen and oxygen atoms in total. The number of carbonyl (C=O) groups excluding carboxylic acids is 2. The standard InChI is InChI=1S/C20H28N2O2S/c1-25-15-18(23)22-14-11-20(16-22)10-6-13-21(19(20)24)12-5-9-17-7-3-2-4-8-17/h2-4,7-8H,5-6,9-16H2,1H3/t20-/m1/s1. The number of nitrogens with zero attached hydrogens (tertiary/aromatic N) is 2. The number of piperidine rings is 1. The van der Waals surface area contributed by atoms with E-state index in [1.54, 1.807) is 11.8 Å². The Morgan fingerprint density at radius 2 is 2.00 bits per heavy atom. The first-order valence-electron chi connectivity index (χ1n) is 9.25. The highest BCUT2D eigenvalue weighted by Crippen LogP contribution is 2.40. The fraction of sp³-hybridized carbons (Fsp3) is 0.600. The van der Waals surface area contributed by atoms with Gasteiger partial charge in [0, 0.05) is 26.2 Å². The molecule has 0 bridgehead atoms. The number of amides is 2. The highest BCUT2D eigenvalue weighted by atomic mass is 32.2. The number of thioether (sulfide) groups is 1. The monoisotopic (exact) mass is 360 g/mol. The van der Waals surface area contributed by atoms with Crippen molar-refractivity contribution < 1.29 is 9.59 Å². The summed E-state index contributed by atoms with van der Waals surface area (Å²) in [4.78, 5) is 29.2. The molecule has 2 fully saturated rings. The normalized spacial score (nSPS) is 23.5. The van der Waals surface area contributed by atoms with Gasteiger partial charge in [-0.2, -0.15) is 11.8 Å². The van der Waals surface area contributed by atoms with Gasteiger partial charge < -0.3 is 9.80 Å². The molecule has 2 aliphatic rings. The summed E-state index contributed by atoms with van der Waals surface area (Å²) in [6.45, 7) is 3.06. The van der Waals surface area contributed by atoms with E-state index in [4.69, 9.17) is 0 Å². The fourth-order valence-corrected chi connectivity index (χ4v) is 4.59. The highest BCUT2D eigenvalue weighted by molar-refractivity contribution is 7.99. The van der Waals surface area contributed by atoms with Gasteiger partial charge in [0.05, 0.1) is 11.2 Å². The summed E-state index contributed by atoms with van der Waals surface area (Å²) < 4.78 is 0. The third kappa shape index (κ3) is 4.20. The molecule has 2 saturated heterocycles. The van der Waals surface area contributed by atoms with Crippen LogP contribution in [-0.4, -0.2) is 59.8 Å². The molecule has 1 aromatic rings. The molecule has 2 heterocycles. The summed E-state index contributed by atoms with van der Waals surface area (Å²) in [5.74, 6) is 0.982. The van der Waals surface area contributed by atoms with Crippen LogP contribution in [0.2, 0.25) is 0 Å². The third-order valence-corrected chi connectivity index (χ3v) is 6.07. The van der Waals surface area contributed by atoms with Gasteiger partial charge in [-0.3, -0.25) is 9.59 Å². The van der Waals surface area contributed by atoms with E-state index in [1.165, 1.54) is 5.56 Å².